The normalized spacial score (nSPS) is 22.1. The van der Waals surface area contributed by atoms with Gasteiger partial charge in [-0.2, -0.15) is 4.98 Å². The van der Waals surface area contributed by atoms with E-state index in [4.69, 9.17) is 14.7 Å². The van der Waals surface area contributed by atoms with Crippen molar-refractivity contribution in [2.24, 2.45) is 5.92 Å². The molecule has 4 rings (SSSR count). The lowest BCUT2D eigenvalue weighted by molar-refractivity contribution is -0.0843. The Kier molecular flexibility index (Phi) is 8.59. The van der Waals surface area contributed by atoms with Crippen LogP contribution in [0.15, 0.2) is 12.3 Å². The van der Waals surface area contributed by atoms with Crippen LogP contribution in [0.1, 0.15) is 51.4 Å². The van der Waals surface area contributed by atoms with Crippen molar-refractivity contribution in [1.29, 1.82) is 0 Å². The zero-order valence-corrected chi connectivity index (χ0v) is 23.0. The first-order valence-corrected chi connectivity index (χ1v) is 13.8. The predicted octanol–water partition coefficient (Wildman–Crippen LogP) is 3.29. The number of anilines is 2. The number of ether oxygens (including phenoxy) is 1. The van der Waals surface area contributed by atoms with Crippen LogP contribution in [0, 0.1) is 19.8 Å². The van der Waals surface area contributed by atoms with Gasteiger partial charge in [-0.05, 0) is 46.1 Å². The molecule has 1 fully saturated rings. The summed E-state index contributed by atoms with van der Waals surface area (Å²) in [4.78, 5) is 18.6. The SMILES string of the molecule is CCOCCNc1nc(C)c(-c2nc3c(C)nccc3s2)c(N[C@@H]2C[C@H](C(O)(CC)CC)[C@@H](O)[C@H]2O)n1. The van der Waals surface area contributed by atoms with Crippen LogP contribution in [0.5, 0.6) is 0 Å². The third kappa shape index (κ3) is 5.56. The van der Waals surface area contributed by atoms with Gasteiger partial charge < -0.3 is 30.7 Å². The van der Waals surface area contributed by atoms with E-state index in [0.717, 1.165) is 32.2 Å². The van der Waals surface area contributed by atoms with E-state index in [1.54, 1.807) is 6.20 Å². The molecule has 202 valence electrons. The Hall–Kier alpha value is -2.44. The first kappa shape index (κ1) is 27.6. The van der Waals surface area contributed by atoms with Gasteiger partial charge in [-0.25, -0.2) is 9.97 Å². The first-order chi connectivity index (χ1) is 17.7. The van der Waals surface area contributed by atoms with E-state index in [-0.39, 0.29) is 0 Å². The number of pyridine rings is 1. The van der Waals surface area contributed by atoms with Gasteiger partial charge in [0, 0.05) is 25.3 Å². The van der Waals surface area contributed by atoms with Crippen LogP contribution in [-0.2, 0) is 4.74 Å². The minimum absolute atomic E-state index is 0.402. The van der Waals surface area contributed by atoms with E-state index in [2.05, 4.69) is 20.6 Å². The highest BCUT2D eigenvalue weighted by Crippen LogP contribution is 2.42. The van der Waals surface area contributed by atoms with Crippen LogP contribution in [0.4, 0.5) is 11.8 Å². The highest BCUT2D eigenvalue weighted by atomic mass is 32.1. The van der Waals surface area contributed by atoms with Gasteiger partial charge in [0.2, 0.25) is 5.95 Å². The Labute approximate surface area is 221 Å². The summed E-state index contributed by atoms with van der Waals surface area (Å²) in [6.45, 7) is 11.3. The van der Waals surface area contributed by atoms with Gasteiger partial charge in [0.05, 0.1) is 46.0 Å². The van der Waals surface area contributed by atoms with Crippen LogP contribution >= 0.6 is 11.3 Å². The molecule has 1 saturated carbocycles. The molecule has 0 aromatic carbocycles. The molecule has 0 bridgehead atoms. The Morgan fingerprint density at radius 2 is 1.84 bits per heavy atom. The third-order valence-electron chi connectivity index (χ3n) is 7.45. The fraction of sp³-hybridized carbons (Fsp3) is 0.615. The summed E-state index contributed by atoms with van der Waals surface area (Å²) in [5, 5.41) is 40.3. The van der Waals surface area contributed by atoms with E-state index in [9.17, 15) is 15.3 Å². The van der Waals surface area contributed by atoms with Crippen LogP contribution in [0.3, 0.4) is 0 Å². The van der Waals surface area contributed by atoms with Crippen molar-refractivity contribution in [3.8, 4) is 10.6 Å². The summed E-state index contributed by atoms with van der Waals surface area (Å²) in [7, 11) is 0. The molecule has 3 aromatic rings. The van der Waals surface area contributed by atoms with Gasteiger partial charge in [-0.1, -0.05) is 13.8 Å². The standard InChI is InChI=1S/C26H38N6O4S/c1-6-26(35,7-2)16-13-17(22(34)21(16)33)30-23-19(14(4)29-25(32-23)28-11-12-36-8-3)24-31-20-15(5)27-10-9-18(20)37-24/h9-10,16-17,21-22,33-35H,6-8,11-13H2,1-5H3,(H2,28,29,30,32)/t16-,17+,21+,22-/m0/s1. The van der Waals surface area contributed by atoms with Crippen LogP contribution in [-0.4, -0.2) is 78.9 Å². The van der Waals surface area contributed by atoms with Crippen molar-refractivity contribution < 1.29 is 20.1 Å². The van der Waals surface area contributed by atoms with Crippen molar-refractivity contribution >= 4 is 33.3 Å². The number of aryl methyl sites for hydroxylation is 2. The van der Waals surface area contributed by atoms with E-state index in [0.29, 0.717) is 50.8 Å². The number of rotatable bonds is 11. The van der Waals surface area contributed by atoms with Crippen molar-refractivity contribution in [1.82, 2.24) is 19.9 Å². The largest absolute Gasteiger partial charge is 0.390 e. The highest BCUT2D eigenvalue weighted by Gasteiger charge is 2.50. The predicted molar refractivity (Wildman–Crippen MR) is 146 cm³/mol. The molecule has 3 heterocycles. The fourth-order valence-corrected chi connectivity index (χ4v) is 6.25. The van der Waals surface area contributed by atoms with Crippen LogP contribution < -0.4 is 10.6 Å². The molecule has 0 radical (unpaired) electrons. The fourth-order valence-electron chi connectivity index (χ4n) is 5.14. The van der Waals surface area contributed by atoms with Gasteiger partial charge in [0.1, 0.15) is 22.4 Å². The molecule has 4 atom stereocenters. The molecule has 5 N–H and O–H groups in total. The zero-order chi connectivity index (χ0) is 26.7. The second-order valence-electron chi connectivity index (χ2n) is 9.63. The average molecular weight is 531 g/mol. The maximum Gasteiger partial charge on any atom is 0.224 e. The van der Waals surface area contributed by atoms with Crippen LogP contribution in [0.2, 0.25) is 0 Å². The molecule has 0 aliphatic heterocycles. The lowest BCUT2D eigenvalue weighted by atomic mass is 9.80. The smallest absolute Gasteiger partial charge is 0.224 e. The number of nitrogens with zero attached hydrogens (tertiary/aromatic N) is 4. The molecule has 3 aromatic heterocycles. The van der Waals surface area contributed by atoms with E-state index >= 15 is 0 Å². The summed E-state index contributed by atoms with van der Waals surface area (Å²) in [5.74, 6) is 0.497. The minimum atomic E-state index is -1.06. The van der Waals surface area contributed by atoms with E-state index in [1.807, 2.05) is 40.7 Å². The molecule has 0 saturated heterocycles. The van der Waals surface area contributed by atoms with Crippen molar-refractivity contribution in [3.63, 3.8) is 0 Å². The second kappa shape index (κ2) is 11.5. The van der Waals surface area contributed by atoms with Crippen molar-refractivity contribution in [3.05, 3.63) is 23.7 Å². The minimum Gasteiger partial charge on any atom is -0.390 e. The molecular weight excluding hydrogens is 492 g/mol. The quantitative estimate of drug-likeness (QED) is 0.234. The average Bonchev–Trinajstić information content (AvgIpc) is 3.44. The van der Waals surface area contributed by atoms with Crippen LogP contribution in [0.25, 0.3) is 20.8 Å². The molecule has 11 heteroatoms. The lowest BCUT2D eigenvalue weighted by Crippen LogP contribution is -2.43. The third-order valence-corrected chi connectivity index (χ3v) is 8.48. The Bertz CT molecular complexity index is 1220. The summed E-state index contributed by atoms with van der Waals surface area (Å²) < 4.78 is 6.43. The lowest BCUT2D eigenvalue weighted by Gasteiger charge is -2.34. The number of hydrogen-bond donors (Lipinski definition) is 5. The Morgan fingerprint density at radius 3 is 2.51 bits per heavy atom. The first-order valence-electron chi connectivity index (χ1n) is 13.0. The van der Waals surface area contributed by atoms with Gasteiger partial charge in [0.25, 0.3) is 0 Å². The molecule has 10 nitrogen and oxygen atoms in total. The summed E-state index contributed by atoms with van der Waals surface area (Å²) >= 11 is 1.53. The van der Waals surface area contributed by atoms with E-state index < -0.39 is 29.8 Å². The van der Waals surface area contributed by atoms with Crippen molar-refractivity contribution in [2.75, 3.05) is 30.4 Å². The monoisotopic (exact) mass is 530 g/mol. The van der Waals surface area contributed by atoms with E-state index in [1.165, 1.54) is 11.3 Å². The van der Waals surface area contributed by atoms with Gasteiger partial charge in [-0.15, -0.1) is 11.3 Å². The number of aliphatic hydroxyl groups excluding tert-OH is 2. The second-order valence-corrected chi connectivity index (χ2v) is 10.7. The van der Waals surface area contributed by atoms with Gasteiger partial charge in [-0.3, -0.25) is 4.98 Å². The molecule has 0 spiro atoms. The van der Waals surface area contributed by atoms with Gasteiger partial charge in [0.15, 0.2) is 0 Å². The molecule has 0 amide bonds. The maximum atomic E-state index is 11.1. The topological polar surface area (TPSA) is 146 Å². The molecule has 37 heavy (non-hydrogen) atoms. The summed E-state index contributed by atoms with van der Waals surface area (Å²) in [5.41, 5.74) is 2.09. The number of hydrogen-bond acceptors (Lipinski definition) is 11. The maximum absolute atomic E-state index is 11.1. The molecule has 0 unspecified atom stereocenters. The number of nitrogens with one attached hydrogen (secondary N) is 2. The van der Waals surface area contributed by atoms with Gasteiger partial charge >= 0.3 is 0 Å². The zero-order valence-electron chi connectivity index (χ0n) is 22.2. The number of fused-ring (bicyclic) bond motifs is 1. The molecule has 1 aliphatic carbocycles. The Morgan fingerprint density at radius 1 is 1.08 bits per heavy atom. The highest BCUT2D eigenvalue weighted by molar-refractivity contribution is 7.21. The number of aromatic nitrogens is 4. The number of thiazole rings is 1. The molecule has 1 aliphatic rings. The van der Waals surface area contributed by atoms with Crippen molar-refractivity contribution in [2.45, 2.75) is 77.7 Å². The Balaban J connectivity index is 1.71. The summed E-state index contributed by atoms with van der Waals surface area (Å²) in [6, 6.07) is 1.43. The number of aliphatic hydroxyl groups is 3. The summed E-state index contributed by atoms with van der Waals surface area (Å²) in [6.07, 6.45) is 1.05. The molecular formula is C26H38N6O4S.